The summed E-state index contributed by atoms with van der Waals surface area (Å²) >= 11 is 1.97. The summed E-state index contributed by atoms with van der Waals surface area (Å²) in [6.07, 6.45) is 3.37. The van der Waals surface area contributed by atoms with E-state index in [2.05, 4.69) is 22.3 Å². The first-order valence-electron chi connectivity index (χ1n) is 8.67. The van der Waals surface area contributed by atoms with E-state index >= 15 is 0 Å². The summed E-state index contributed by atoms with van der Waals surface area (Å²) < 4.78 is 0. The summed E-state index contributed by atoms with van der Waals surface area (Å²) in [7, 11) is 0. The lowest BCUT2D eigenvalue weighted by atomic mass is 10.0. The second kappa shape index (κ2) is 11.3. The molecule has 25 heavy (non-hydrogen) atoms. The van der Waals surface area contributed by atoms with Crippen LogP contribution in [0.15, 0.2) is 30.3 Å². The van der Waals surface area contributed by atoms with Gasteiger partial charge in [0.25, 0.3) is 0 Å². The molecule has 1 aromatic rings. The predicted molar refractivity (Wildman–Crippen MR) is 111 cm³/mol. The van der Waals surface area contributed by atoms with Gasteiger partial charge in [0, 0.05) is 30.6 Å². The number of nitrogens with two attached hydrogens (primary N) is 1. The van der Waals surface area contributed by atoms with E-state index in [0.29, 0.717) is 12.5 Å². The molecule has 3 unspecified atom stereocenters. The Kier molecular flexibility index (Phi) is 10.2. The third kappa shape index (κ3) is 5.76. The third-order valence-corrected chi connectivity index (χ3v) is 6.01. The standard InChI is InChI=1S/C18H27N3OS.2ClH/c19-13-15-7-4-8-16(15)20-18(22)17(14-5-2-1-3-6-14)21-9-11-23-12-10-21;;/h1-3,5-6,15-17H,4,7-13,19H2,(H,20,22);2*1H. The van der Waals surface area contributed by atoms with Gasteiger partial charge in [0.2, 0.25) is 5.91 Å². The van der Waals surface area contributed by atoms with Crippen LogP contribution in [-0.2, 0) is 4.79 Å². The van der Waals surface area contributed by atoms with Crippen molar-refractivity contribution in [3.05, 3.63) is 35.9 Å². The Morgan fingerprint density at radius 1 is 1.20 bits per heavy atom. The van der Waals surface area contributed by atoms with E-state index in [4.69, 9.17) is 5.73 Å². The zero-order valence-electron chi connectivity index (χ0n) is 14.4. The number of benzene rings is 1. The number of rotatable bonds is 5. The fraction of sp³-hybridized carbons (Fsp3) is 0.611. The predicted octanol–water partition coefficient (Wildman–Crippen LogP) is 2.86. The lowest BCUT2D eigenvalue weighted by Crippen LogP contribution is -2.48. The van der Waals surface area contributed by atoms with Crippen LogP contribution in [0.3, 0.4) is 0 Å². The van der Waals surface area contributed by atoms with Crippen LogP contribution in [0.4, 0.5) is 0 Å². The van der Waals surface area contributed by atoms with Crippen LogP contribution < -0.4 is 11.1 Å². The van der Waals surface area contributed by atoms with Crippen LogP contribution in [-0.4, -0.2) is 48.0 Å². The van der Waals surface area contributed by atoms with Crippen molar-refractivity contribution in [3.63, 3.8) is 0 Å². The first-order valence-corrected chi connectivity index (χ1v) is 9.82. The maximum atomic E-state index is 13.1. The second-order valence-corrected chi connectivity index (χ2v) is 7.73. The monoisotopic (exact) mass is 405 g/mol. The lowest BCUT2D eigenvalue weighted by Gasteiger charge is -2.34. The Hall–Kier alpha value is -0.460. The minimum absolute atomic E-state index is 0. The largest absolute Gasteiger partial charge is 0.351 e. The van der Waals surface area contributed by atoms with Crippen molar-refractivity contribution in [2.75, 3.05) is 31.1 Å². The van der Waals surface area contributed by atoms with Gasteiger partial charge in [0.15, 0.2) is 0 Å². The molecule has 1 heterocycles. The molecular weight excluding hydrogens is 377 g/mol. The molecule has 1 aliphatic heterocycles. The summed E-state index contributed by atoms with van der Waals surface area (Å²) in [5.74, 6) is 2.79. The number of halogens is 2. The quantitative estimate of drug-likeness (QED) is 0.790. The molecule has 1 aromatic carbocycles. The number of thioether (sulfide) groups is 1. The molecule has 2 aliphatic rings. The van der Waals surface area contributed by atoms with Gasteiger partial charge in [-0.15, -0.1) is 24.8 Å². The highest BCUT2D eigenvalue weighted by Crippen LogP contribution is 2.28. The second-order valence-electron chi connectivity index (χ2n) is 6.50. The Labute approximate surface area is 167 Å². The number of carbonyl (C=O) groups is 1. The van der Waals surface area contributed by atoms with Crippen molar-refractivity contribution in [1.82, 2.24) is 10.2 Å². The van der Waals surface area contributed by atoms with Gasteiger partial charge >= 0.3 is 0 Å². The molecule has 1 amide bonds. The van der Waals surface area contributed by atoms with Crippen LogP contribution in [0.5, 0.6) is 0 Å². The van der Waals surface area contributed by atoms with Crippen molar-refractivity contribution >= 4 is 42.5 Å². The molecule has 0 aromatic heterocycles. The van der Waals surface area contributed by atoms with E-state index in [1.807, 2.05) is 30.0 Å². The summed E-state index contributed by atoms with van der Waals surface area (Å²) in [6, 6.07) is 10.3. The Balaban J connectivity index is 0.00000156. The summed E-state index contributed by atoms with van der Waals surface area (Å²) in [5, 5.41) is 3.31. The average molecular weight is 406 g/mol. The van der Waals surface area contributed by atoms with Gasteiger partial charge in [-0.2, -0.15) is 11.8 Å². The average Bonchev–Trinajstić information content (AvgIpc) is 3.04. The first kappa shape index (κ1) is 22.6. The van der Waals surface area contributed by atoms with Gasteiger partial charge < -0.3 is 11.1 Å². The summed E-state index contributed by atoms with van der Waals surface area (Å²) in [6.45, 7) is 2.62. The Morgan fingerprint density at radius 3 is 2.52 bits per heavy atom. The third-order valence-electron chi connectivity index (χ3n) is 5.06. The number of nitrogens with one attached hydrogen (secondary N) is 1. The normalized spacial score (nSPS) is 24.7. The van der Waals surface area contributed by atoms with Gasteiger partial charge in [-0.25, -0.2) is 0 Å². The topological polar surface area (TPSA) is 58.4 Å². The van der Waals surface area contributed by atoms with Crippen molar-refractivity contribution in [3.8, 4) is 0 Å². The fourth-order valence-corrected chi connectivity index (χ4v) is 4.70. The van der Waals surface area contributed by atoms with Gasteiger partial charge in [0.05, 0.1) is 0 Å². The van der Waals surface area contributed by atoms with Gasteiger partial charge in [-0.1, -0.05) is 36.8 Å². The van der Waals surface area contributed by atoms with Crippen molar-refractivity contribution < 1.29 is 4.79 Å². The van der Waals surface area contributed by atoms with E-state index < -0.39 is 0 Å². The minimum atomic E-state index is -0.170. The highest BCUT2D eigenvalue weighted by molar-refractivity contribution is 7.99. The molecule has 3 N–H and O–H groups in total. The van der Waals surface area contributed by atoms with Crippen LogP contribution in [0.1, 0.15) is 30.9 Å². The smallest absolute Gasteiger partial charge is 0.242 e. The molecule has 1 saturated heterocycles. The van der Waals surface area contributed by atoms with E-state index in [-0.39, 0.29) is 42.8 Å². The molecule has 4 nitrogen and oxygen atoms in total. The molecular formula is C18H29Cl2N3OS. The van der Waals surface area contributed by atoms with Crippen LogP contribution in [0.25, 0.3) is 0 Å². The zero-order chi connectivity index (χ0) is 16.1. The zero-order valence-corrected chi connectivity index (χ0v) is 16.9. The molecule has 3 atom stereocenters. The summed E-state index contributed by atoms with van der Waals surface area (Å²) in [5.41, 5.74) is 6.96. The van der Waals surface area contributed by atoms with Gasteiger partial charge in [-0.3, -0.25) is 9.69 Å². The highest BCUT2D eigenvalue weighted by Gasteiger charge is 2.33. The van der Waals surface area contributed by atoms with E-state index in [1.54, 1.807) is 0 Å². The molecule has 3 rings (SSSR count). The number of hydrogen-bond donors (Lipinski definition) is 2. The van der Waals surface area contributed by atoms with Crippen molar-refractivity contribution in [2.45, 2.75) is 31.3 Å². The minimum Gasteiger partial charge on any atom is -0.351 e. The molecule has 142 valence electrons. The fourth-order valence-electron chi connectivity index (χ4n) is 3.77. The lowest BCUT2D eigenvalue weighted by molar-refractivity contribution is -0.127. The molecule has 0 bridgehead atoms. The Bertz CT molecular complexity index is 514. The molecule has 7 heteroatoms. The van der Waals surface area contributed by atoms with Gasteiger partial charge in [-0.05, 0) is 30.9 Å². The van der Waals surface area contributed by atoms with Crippen molar-refractivity contribution in [2.24, 2.45) is 11.7 Å². The number of carbonyl (C=O) groups excluding carboxylic acids is 1. The summed E-state index contributed by atoms with van der Waals surface area (Å²) in [4.78, 5) is 15.4. The van der Waals surface area contributed by atoms with Crippen LogP contribution in [0, 0.1) is 5.92 Å². The van der Waals surface area contributed by atoms with Crippen LogP contribution in [0.2, 0.25) is 0 Å². The molecule has 0 spiro atoms. The SMILES string of the molecule is Cl.Cl.NCC1CCCC1NC(=O)C(c1ccccc1)N1CCSCC1. The van der Waals surface area contributed by atoms with Crippen LogP contribution >= 0.6 is 36.6 Å². The molecule has 2 fully saturated rings. The molecule has 0 radical (unpaired) electrons. The number of hydrogen-bond acceptors (Lipinski definition) is 4. The molecule has 1 aliphatic carbocycles. The first-order chi connectivity index (χ1) is 11.3. The number of nitrogens with zero attached hydrogens (tertiary/aromatic N) is 1. The van der Waals surface area contributed by atoms with Crippen molar-refractivity contribution in [1.29, 1.82) is 0 Å². The Morgan fingerprint density at radius 2 is 1.88 bits per heavy atom. The molecule has 1 saturated carbocycles. The van der Waals surface area contributed by atoms with E-state index in [1.165, 1.54) is 6.42 Å². The maximum Gasteiger partial charge on any atom is 0.242 e. The number of amides is 1. The van der Waals surface area contributed by atoms with E-state index in [9.17, 15) is 4.79 Å². The highest BCUT2D eigenvalue weighted by atomic mass is 35.5. The maximum absolute atomic E-state index is 13.1. The van der Waals surface area contributed by atoms with E-state index in [0.717, 1.165) is 43.0 Å². The van der Waals surface area contributed by atoms with Gasteiger partial charge in [0.1, 0.15) is 6.04 Å².